The van der Waals surface area contributed by atoms with Gasteiger partial charge in [-0.15, -0.1) is 10.2 Å². The molecule has 0 saturated carbocycles. The van der Waals surface area contributed by atoms with Crippen LogP contribution in [0, 0.1) is 0 Å². The summed E-state index contributed by atoms with van der Waals surface area (Å²) < 4.78 is 9.07. The van der Waals surface area contributed by atoms with Gasteiger partial charge in [0.15, 0.2) is 5.16 Å². The van der Waals surface area contributed by atoms with E-state index in [1.54, 1.807) is 34.9 Å². The van der Waals surface area contributed by atoms with Crippen molar-refractivity contribution in [2.75, 3.05) is 17.7 Å². The van der Waals surface area contributed by atoms with Crippen molar-refractivity contribution in [2.24, 2.45) is 0 Å². The van der Waals surface area contributed by atoms with Gasteiger partial charge in [0.05, 0.1) is 22.8 Å². The predicted molar refractivity (Wildman–Crippen MR) is 131 cm³/mol. The molecule has 0 unspecified atom stereocenters. The molecule has 0 aliphatic heterocycles. The van der Waals surface area contributed by atoms with E-state index < -0.39 is 0 Å². The molecule has 0 atom stereocenters. The lowest BCUT2D eigenvalue weighted by Gasteiger charge is -2.12. The summed E-state index contributed by atoms with van der Waals surface area (Å²) in [6, 6.07) is 14.3. The number of hydrogen-bond acceptors (Lipinski definition) is 6. The maximum absolute atomic E-state index is 13.1. The summed E-state index contributed by atoms with van der Waals surface area (Å²) in [5.74, 6) is 0.381. The van der Waals surface area contributed by atoms with Crippen LogP contribution in [0.1, 0.15) is 20.3 Å². The van der Waals surface area contributed by atoms with Gasteiger partial charge in [-0.25, -0.2) is 0 Å². The number of rotatable bonds is 9. The molecule has 8 nitrogen and oxygen atoms in total. The van der Waals surface area contributed by atoms with E-state index in [0.29, 0.717) is 52.1 Å². The summed E-state index contributed by atoms with van der Waals surface area (Å²) >= 11 is 7.24. The van der Waals surface area contributed by atoms with Gasteiger partial charge < -0.3 is 10.1 Å². The Bertz CT molecular complexity index is 1350. The second kappa shape index (κ2) is 10.4. The van der Waals surface area contributed by atoms with E-state index in [1.807, 2.05) is 36.4 Å². The zero-order chi connectivity index (χ0) is 23.4. The Morgan fingerprint density at radius 1 is 1.18 bits per heavy atom. The van der Waals surface area contributed by atoms with Crippen LogP contribution in [0.4, 0.5) is 5.69 Å². The number of fused-ring (bicyclic) bond motifs is 3. The van der Waals surface area contributed by atoms with Crippen LogP contribution < -0.4 is 10.9 Å². The Morgan fingerprint density at radius 3 is 2.79 bits per heavy atom. The zero-order valence-electron chi connectivity index (χ0n) is 18.3. The average Bonchev–Trinajstić information content (AvgIpc) is 3.21. The molecule has 0 bridgehead atoms. The first kappa shape index (κ1) is 23.3. The highest BCUT2D eigenvalue weighted by molar-refractivity contribution is 7.99. The molecule has 172 valence electrons. The van der Waals surface area contributed by atoms with Crippen molar-refractivity contribution in [3.8, 4) is 0 Å². The van der Waals surface area contributed by atoms with Gasteiger partial charge in [0.1, 0.15) is 0 Å². The number of para-hydroxylation sites is 1. The minimum absolute atomic E-state index is 0.120. The summed E-state index contributed by atoms with van der Waals surface area (Å²) in [6.45, 7) is 4.95. The van der Waals surface area contributed by atoms with Gasteiger partial charge in [0, 0.05) is 23.9 Å². The van der Waals surface area contributed by atoms with Crippen LogP contribution in [0.3, 0.4) is 0 Å². The lowest BCUT2D eigenvalue weighted by atomic mass is 10.2. The Hall–Kier alpha value is -2.88. The third kappa shape index (κ3) is 5.38. The van der Waals surface area contributed by atoms with Gasteiger partial charge in [-0.05, 0) is 50.6 Å². The number of ether oxygens (including phenoxy) is 1. The molecule has 0 aliphatic carbocycles. The summed E-state index contributed by atoms with van der Waals surface area (Å²) in [6.07, 6.45) is 0.802. The maximum Gasteiger partial charge on any atom is 0.262 e. The first-order valence-corrected chi connectivity index (χ1v) is 12.0. The van der Waals surface area contributed by atoms with Crippen LogP contribution in [0.25, 0.3) is 16.7 Å². The van der Waals surface area contributed by atoms with E-state index >= 15 is 0 Å². The van der Waals surface area contributed by atoms with Crippen LogP contribution in [0.5, 0.6) is 0 Å². The van der Waals surface area contributed by atoms with Crippen molar-refractivity contribution in [1.82, 2.24) is 19.2 Å². The van der Waals surface area contributed by atoms with Crippen molar-refractivity contribution in [3.05, 3.63) is 63.9 Å². The Balaban J connectivity index is 1.60. The second-order valence-corrected chi connectivity index (χ2v) is 9.09. The number of aryl methyl sites for hydroxylation is 1. The van der Waals surface area contributed by atoms with Crippen molar-refractivity contribution in [1.29, 1.82) is 0 Å². The summed E-state index contributed by atoms with van der Waals surface area (Å²) in [5, 5.41) is 13.0. The smallest absolute Gasteiger partial charge is 0.262 e. The molecule has 0 spiro atoms. The lowest BCUT2D eigenvalue weighted by Crippen LogP contribution is -2.24. The fourth-order valence-corrected chi connectivity index (χ4v) is 4.39. The van der Waals surface area contributed by atoms with Crippen molar-refractivity contribution >= 4 is 51.6 Å². The monoisotopic (exact) mass is 485 g/mol. The molecule has 2 aromatic carbocycles. The van der Waals surface area contributed by atoms with Gasteiger partial charge >= 0.3 is 0 Å². The number of benzene rings is 2. The van der Waals surface area contributed by atoms with Gasteiger partial charge in [-0.3, -0.25) is 18.6 Å². The van der Waals surface area contributed by atoms with E-state index in [-0.39, 0.29) is 23.3 Å². The van der Waals surface area contributed by atoms with E-state index in [4.69, 9.17) is 16.3 Å². The molecule has 2 aromatic heterocycles. The molecule has 33 heavy (non-hydrogen) atoms. The van der Waals surface area contributed by atoms with Crippen LogP contribution in [0.15, 0.2) is 58.5 Å². The molecule has 1 N–H and O–H groups in total. The third-order valence-corrected chi connectivity index (χ3v) is 6.06. The van der Waals surface area contributed by atoms with Gasteiger partial charge in [-0.1, -0.05) is 41.6 Å². The number of halogens is 1. The number of hydrogen-bond donors (Lipinski definition) is 1. The van der Waals surface area contributed by atoms with Crippen LogP contribution in [-0.4, -0.2) is 43.5 Å². The number of amides is 1. The fourth-order valence-electron chi connectivity index (χ4n) is 3.46. The molecule has 0 radical (unpaired) electrons. The number of nitrogens with zero attached hydrogens (tertiary/aromatic N) is 4. The molecule has 0 saturated heterocycles. The summed E-state index contributed by atoms with van der Waals surface area (Å²) in [4.78, 5) is 25.6. The fraction of sp³-hybridized carbons (Fsp3) is 0.304. The molecular formula is C23H24ClN5O3S. The maximum atomic E-state index is 13.1. The number of carbonyl (C=O) groups excluding carboxylic acids is 1. The Morgan fingerprint density at radius 2 is 2.00 bits per heavy atom. The highest BCUT2D eigenvalue weighted by atomic mass is 35.5. The quantitative estimate of drug-likeness (QED) is 0.281. The number of carbonyl (C=O) groups is 1. The molecule has 10 heteroatoms. The summed E-state index contributed by atoms with van der Waals surface area (Å²) in [5.41, 5.74) is 1.21. The molecular weight excluding hydrogens is 462 g/mol. The largest absolute Gasteiger partial charge is 0.379 e. The van der Waals surface area contributed by atoms with Crippen LogP contribution >= 0.6 is 23.4 Å². The minimum Gasteiger partial charge on any atom is -0.379 e. The van der Waals surface area contributed by atoms with Crippen molar-refractivity contribution in [2.45, 2.75) is 38.1 Å². The number of nitrogens with one attached hydrogen (secondary N) is 1. The number of thioether (sulfide) groups is 1. The second-order valence-electron chi connectivity index (χ2n) is 7.71. The topological polar surface area (TPSA) is 90.5 Å². The standard InChI is InChI=1S/C23H24ClN5O3S/c1-15(2)32-12-6-11-28-21(31)18-9-3-4-10-19(18)29-22(28)26-27-23(29)33-14-20(30)25-17-8-5-7-16(24)13-17/h3-5,7-10,13,15H,6,11-12,14H2,1-2H3,(H,25,30). The highest BCUT2D eigenvalue weighted by Crippen LogP contribution is 2.22. The van der Waals surface area contributed by atoms with Gasteiger partial charge in [0.25, 0.3) is 5.56 Å². The van der Waals surface area contributed by atoms with Gasteiger partial charge in [0.2, 0.25) is 11.7 Å². The molecule has 2 heterocycles. The van der Waals surface area contributed by atoms with Crippen LogP contribution in [0.2, 0.25) is 5.02 Å². The molecule has 4 rings (SSSR count). The highest BCUT2D eigenvalue weighted by Gasteiger charge is 2.17. The Labute approximate surface area is 199 Å². The lowest BCUT2D eigenvalue weighted by molar-refractivity contribution is -0.113. The van der Waals surface area contributed by atoms with Crippen LogP contribution in [-0.2, 0) is 16.1 Å². The SMILES string of the molecule is CC(C)OCCCn1c(=O)c2ccccc2n2c(SCC(=O)Nc3cccc(Cl)c3)nnc12. The normalized spacial score (nSPS) is 11.5. The van der Waals surface area contributed by atoms with E-state index in [2.05, 4.69) is 15.5 Å². The molecule has 4 aromatic rings. The van der Waals surface area contributed by atoms with Crippen molar-refractivity contribution < 1.29 is 9.53 Å². The molecule has 0 aliphatic rings. The molecule has 0 fully saturated rings. The third-order valence-electron chi connectivity index (χ3n) is 4.90. The summed E-state index contributed by atoms with van der Waals surface area (Å²) in [7, 11) is 0. The van der Waals surface area contributed by atoms with E-state index in [1.165, 1.54) is 11.8 Å². The number of aromatic nitrogens is 4. The first-order chi connectivity index (χ1) is 15.9. The van der Waals surface area contributed by atoms with E-state index in [9.17, 15) is 9.59 Å². The van der Waals surface area contributed by atoms with Gasteiger partial charge in [-0.2, -0.15) is 0 Å². The minimum atomic E-state index is -0.192. The molecule has 1 amide bonds. The zero-order valence-corrected chi connectivity index (χ0v) is 19.9. The number of anilines is 1. The Kier molecular flexibility index (Phi) is 7.32. The predicted octanol–water partition coefficient (Wildman–Crippen LogP) is 4.24. The van der Waals surface area contributed by atoms with Crippen molar-refractivity contribution in [3.63, 3.8) is 0 Å². The van der Waals surface area contributed by atoms with E-state index in [0.717, 1.165) is 0 Å². The first-order valence-electron chi connectivity index (χ1n) is 10.6. The average molecular weight is 486 g/mol.